The summed E-state index contributed by atoms with van der Waals surface area (Å²) in [6.45, 7) is 5.31. The molecule has 1 N–H and O–H groups in total. The van der Waals surface area contributed by atoms with Gasteiger partial charge in [-0.1, -0.05) is 13.8 Å². The normalized spacial score (nSPS) is 10.7. The Hall–Kier alpha value is -0.830. The second-order valence-electron chi connectivity index (χ2n) is 3.13. The number of aliphatic hydroxyl groups is 1. The van der Waals surface area contributed by atoms with Crippen LogP contribution in [0.15, 0.2) is 6.07 Å². The minimum absolute atomic E-state index is 0.241. The molecule has 1 heterocycles. The van der Waals surface area contributed by atoms with Gasteiger partial charge in [0.15, 0.2) is 0 Å². The highest BCUT2D eigenvalue weighted by molar-refractivity contribution is 5.10. The second kappa shape index (κ2) is 5.02. The lowest BCUT2D eigenvalue weighted by atomic mass is 10.2. The Morgan fingerprint density at radius 1 is 1.38 bits per heavy atom. The van der Waals surface area contributed by atoms with Gasteiger partial charge in [-0.2, -0.15) is 5.10 Å². The van der Waals surface area contributed by atoms with Crippen molar-refractivity contribution in [2.45, 2.75) is 39.7 Å². The summed E-state index contributed by atoms with van der Waals surface area (Å²) < 4.78 is 2.01. The van der Waals surface area contributed by atoms with Gasteiger partial charge in [0, 0.05) is 18.8 Å². The van der Waals surface area contributed by atoms with Crippen LogP contribution in [-0.4, -0.2) is 21.5 Å². The van der Waals surface area contributed by atoms with Crippen LogP contribution in [0.25, 0.3) is 0 Å². The van der Waals surface area contributed by atoms with E-state index in [-0.39, 0.29) is 6.61 Å². The van der Waals surface area contributed by atoms with Crippen LogP contribution in [0.3, 0.4) is 0 Å². The molecule has 0 aliphatic heterocycles. The van der Waals surface area contributed by atoms with Crippen molar-refractivity contribution in [3.8, 4) is 0 Å². The molecule has 3 nitrogen and oxygen atoms in total. The molecule has 0 saturated heterocycles. The predicted octanol–water partition coefficient (Wildman–Crippen LogP) is 1.39. The van der Waals surface area contributed by atoms with Gasteiger partial charge in [0.25, 0.3) is 0 Å². The fourth-order valence-electron chi connectivity index (χ4n) is 1.39. The number of aryl methyl sites for hydroxylation is 3. The quantitative estimate of drug-likeness (QED) is 0.747. The maximum absolute atomic E-state index is 8.71. The lowest BCUT2D eigenvalue weighted by molar-refractivity contribution is 0.276. The van der Waals surface area contributed by atoms with Crippen molar-refractivity contribution in [1.82, 2.24) is 9.78 Å². The molecule has 0 radical (unpaired) electrons. The first kappa shape index (κ1) is 10.3. The van der Waals surface area contributed by atoms with Crippen molar-refractivity contribution < 1.29 is 5.11 Å². The summed E-state index contributed by atoms with van der Waals surface area (Å²) in [7, 11) is 0. The van der Waals surface area contributed by atoms with E-state index < -0.39 is 0 Å². The average molecular weight is 182 g/mol. The van der Waals surface area contributed by atoms with Crippen molar-refractivity contribution in [3.63, 3.8) is 0 Å². The Bertz CT molecular complexity index is 255. The van der Waals surface area contributed by atoms with E-state index in [2.05, 4.69) is 25.0 Å². The van der Waals surface area contributed by atoms with Gasteiger partial charge in [-0.15, -0.1) is 0 Å². The van der Waals surface area contributed by atoms with Crippen LogP contribution in [0.1, 0.15) is 31.7 Å². The Labute approximate surface area is 79.4 Å². The van der Waals surface area contributed by atoms with Gasteiger partial charge in [-0.05, 0) is 25.3 Å². The number of hydrogen-bond donors (Lipinski definition) is 1. The molecule has 0 spiro atoms. The van der Waals surface area contributed by atoms with Gasteiger partial charge in [0.05, 0.1) is 5.69 Å². The third-order valence-electron chi connectivity index (χ3n) is 2.17. The highest BCUT2D eigenvalue weighted by Crippen LogP contribution is 2.06. The fraction of sp³-hybridized carbons (Fsp3) is 0.700. The zero-order chi connectivity index (χ0) is 9.68. The lowest BCUT2D eigenvalue weighted by Gasteiger charge is -2.03. The summed E-state index contributed by atoms with van der Waals surface area (Å²) in [6, 6.07) is 2.15. The molecule has 74 valence electrons. The van der Waals surface area contributed by atoms with Crippen LogP contribution in [0, 0.1) is 0 Å². The summed E-state index contributed by atoms with van der Waals surface area (Å²) in [5.41, 5.74) is 2.42. The van der Waals surface area contributed by atoms with Crippen molar-refractivity contribution in [2.75, 3.05) is 6.61 Å². The number of rotatable bonds is 5. The van der Waals surface area contributed by atoms with Crippen molar-refractivity contribution in [2.24, 2.45) is 0 Å². The molecule has 0 atom stereocenters. The zero-order valence-corrected chi connectivity index (χ0v) is 8.45. The molecule has 0 fully saturated rings. The molecule has 0 amide bonds. The molecule has 1 rings (SSSR count). The molecule has 0 aromatic carbocycles. The first-order valence-electron chi connectivity index (χ1n) is 4.98. The minimum Gasteiger partial charge on any atom is -0.396 e. The molecular formula is C10H18N2O. The highest BCUT2D eigenvalue weighted by atomic mass is 16.3. The van der Waals surface area contributed by atoms with E-state index in [1.54, 1.807) is 0 Å². The molecule has 0 unspecified atom stereocenters. The smallest absolute Gasteiger partial charge is 0.0624 e. The maximum Gasteiger partial charge on any atom is 0.0624 e. The minimum atomic E-state index is 0.241. The highest BCUT2D eigenvalue weighted by Gasteiger charge is 2.03. The summed E-state index contributed by atoms with van der Waals surface area (Å²) in [5, 5.41) is 13.2. The Balaban J connectivity index is 2.71. The molecule has 0 bridgehead atoms. The lowest BCUT2D eigenvalue weighted by Crippen LogP contribution is -2.06. The Morgan fingerprint density at radius 3 is 2.69 bits per heavy atom. The van der Waals surface area contributed by atoms with Crippen LogP contribution in [0.5, 0.6) is 0 Å². The van der Waals surface area contributed by atoms with Crippen LogP contribution in [0.2, 0.25) is 0 Å². The number of aromatic nitrogens is 2. The van der Waals surface area contributed by atoms with Gasteiger partial charge in [-0.3, -0.25) is 4.68 Å². The third kappa shape index (κ3) is 2.56. The van der Waals surface area contributed by atoms with E-state index in [1.807, 2.05) is 4.68 Å². The third-order valence-corrected chi connectivity index (χ3v) is 2.17. The van der Waals surface area contributed by atoms with Gasteiger partial charge in [0.1, 0.15) is 0 Å². The molecule has 13 heavy (non-hydrogen) atoms. The summed E-state index contributed by atoms with van der Waals surface area (Å²) in [6.07, 6.45) is 2.79. The largest absolute Gasteiger partial charge is 0.396 e. The zero-order valence-electron chi connectivity index (χ0n) is 8.45. The molecule has 1 aromatic rings. The first-order chi connectivity index (χ1) is 6.31. The second-order valence-corrected chi connectivity index (χ2v) is 3.13. The van der Waals surface area contributed by atoms with Crippen molar-refractivity contribution >= 4 is 0 Å². The van der Waals surface area contributed by atoms with E-state index >= 15 is 0 Å². The van der Waals surface area contributed by atoms with Gasteiger partial charge < -0.3 is 5.11 Å². The van der Waals surface area contributed by atoms with E-state index in [1.165, 1.54) is 5.69 Å². The summed E-state index contributed by atoms with van der Waals surface area (Å²) >= 11 is 0. The van der Waals surface area contributed by atoms with Gasteiger partial charge in [0.2, 0.25) is 0 Å². The maximum atomic E-state index is 8.71. The monoisotopic (exact) mass is 182 g/mol. The van der Waals surface area contributed by atoms with Gasteiger partial charge >= 0.3 is 0 Å². The van der Waals surface area contributed by atoms with E-state index in [4.69, 9.17) is 5.11 Å². The van der Waals surface area contributed by atoms with Gasteiger partial charge in [-0.25, -0.2) is 0 Å². The van der Waals surface area contributed by atoms with E-state index in [0.29, 0.717) is 0 Å². The predicted molar refractivity (Wildman–Crippen MR) is 52.7 cm³/mol. The number of hydrogen-bond acceptors (Lipinski definition) is 2. The van der Waals surface area contributed by atoms with Crippen molar-refractivity contribution in [3.05, 3.63) is 17.5 Å². The fourth-order valence-corrected chi connectivity index (χ4v) is 1.39. The number of nitrogens with zero attached hydrogens (tertiary/aromatic N) is 2. The standard InChI is InChI=1S/C10H18N2O/c1-3-9-8-10(4-2)12(11-9)6-5-7-13/h8,13H,3-7H2,1-2H3. The van der Waals surface area contributed by atoms with Crippen molar-refractivity contribution in [1.29, 1.82) is 0 Å². The van der Waals surface area contributed by atoms with Crippen LogP contribution < -0.4 is 0 Å². The average Bonchev–Trinajstić information content (AvgIpc) is 2.57. The molecule has 0 aliphatic rings. The Morgan fingerprint density at radius 2 is 2.15 bits per heavy atom. The van der Waals surface area contributed by atoms with Crippen LogP contribution in [0.4, 0.5) is 0 Å². The van der Waals surface area contributed by atoms with E-state index in [9.17, 15) is 0 Å². The van der Waals surface area contributed by atoms with E-state index in [0.717, 1.165) is 31.5 Å². The molecule has 1 aromatic heterocycles. The summed E-state index contributed by atoms with van der Waals surface area (Å²) in [4.78, 5) is 0. The number of aliphatic hydroxyl groups excluding tert-OH is 1. The molecular weight excluding hydrogens is 164 g/mol. The molecule has 3 heteroatoms. The molecule has 0 saturated carbocycles. The topological polar surface area (TPSA) is 38.0 Å². The Kier molecular flexibility index (Phi) is 3.96. The first-order valence-corrected chi connectivity index (χ1v) is 4.98. The molecule has 0 aliphatic carbocycles. The van der Waals surface area contributed by atoms with Crippen LogP contribution >= 0.6 is 0 Å². The summed E-state index contributed by atoms with van der Waals surface area (Å²) in [5.74, 6) is 0. The SMILES string of the molecule is CCc1cc(CC)n(CCCO)n1. The van der Waals surface area contributed by atoms with Crippen LogP contribution in [-0.2, 0) is 19.4 Å².